The van der Waals surface area contributed by atoms with Gasteiger partial charge in [-0.25, -0.2) is 0 Å². The van der Waals surface area contributed by atoms with Crippen LogP contribution in [-0.2, 0) is 14.2 Å². The van der Waals surface area contributed by atoms with Crippen molar-refractivity contribution < 1.29 is 24.4 Å². The van der Waals surface area contributed by atoms with E-state index in [-0.39, 0.29) is 12.4 Å². The summed E-state index contributed by atoms with van der Waals surface area (Å²) in [7, 11) is 1.50. The number of epoxide rings is 1. The molecule has 2 heterocycles. The zero-order chi connectivity index (χ0) is 10.3. The van der Waals surface area contributed by atoms with Crippen LogP contribution in [0.4, 0.5) is 0 Å². The topological polar surface area (TPSA) is 71.5 Å². The van der Waals surface area contributed by atoms with Crippen molar-refractivity contribution in [1.82, 2.24) is 0 Å². The molecule has 0 saturated carbocycles. The van der Waals surface area contributed by atoms with E-state index in [9.17, 15) is 10.2 Å². The van der Waals surface area contributed by atoms with Gasteiger partial charge in [0.2, 0.25) is 0 Å². The number of methoxy groups -OCH3 is 1. The maximum Gasteiger partial charge on any atom is 0.187 e. The van der Waals surface area contributed by atoms with Gasteiger partial charge in [-0.2, -0.15) is 0 Å². The summed E-state index contributed by atoms with van der Waals surface area (Å²) in [6.07, 6.45) is -2.20. The molecule has 2 saturated heterocycles. The minimum absolute atomic E-state index is 0.205. The summed E-state index contributed by atoms with van der Waals surface area (Å²) in [4.78, 5) is 0. The molecule has 2 aliphatic rings. The predicted molar refractivity (Wildman–Crippen MR) is 46.5 cm³/mol. The van der Waals surface area contributed by atoms with E-state index in [1.54, 1.807) is 0 Å². The summed E-state index contributed by atoms with van der Waals surface area (Å²) in [6, 6.07) is 0. The lowest BCUT2D eigenvalue weighted by Gasteiger charge is -2.32. The van der Waals surface area contributed by atoms with Gasteiger partial charge in [-0.3, -0.25) is 0 Å². The Labute approximate surface area is 81.9 Å². The first-order valence-electron chi connectivity index (χ1n) is 4.51. The Bertz CT molecular complexity index is 231. The van der Waals surface area contributed by atoms with Crippen LogP contribution in [0, 0.1) is 0 Å². The molecule has 0 aromatic carbocycles. The van der Waals surface area contributed by atoms with Crippen molar-refractivity contribution in [1.29, 1.82) is 0 Å². The van der Waals surface area contributed by atoms with Gasteiger partial charge in [0, 0.05) is 7.11 Å². The molecule has 0 radical (unpaired) electrons. The second-order valence-corrected chi connectivity index (χ2v) is 3.49. The van der Waals surface area contributed by atoms with Crippen molar-refractivity contribution >= 4 is 0 Å². The summed E-state index contributed by atoms with van der Waals surface area (Å²) in [5.74, 6) is 0. The van der Waals surface area contributed by atoms with Crippen LogP contribution >= 0.6 is 0 Å². The largest absolute Gasteiger partial charge is 0.387 e. The van der Waals surface area contributed by atoms with E-state index in [0.717, 1.165) is 0 Å². The lowest BCUT2D eigenvalue weighted by Crippen LogP contribution is -2.52. The van der Waals surface area contributed by atoms with E-state index < -0.39 is 24.4 Å². The number of hydrogen-bond acceptors (Lipinski definition) is 5. The summed E-state index contributed by atoms with van der Waals surface area (Å²) in [5.41, 5.74) is 0. The fourth-order valence-electron chi connectivity index (χ4n) is 1.76. The molecular formula is C9H14O5. The molecule has 2 unspecified atom stereocenters. The monoisotopic (exact) mass is 202 g/mol. The lowest BCUT2D eigenvalue weighted by molar-refractivity contribution is -0.165. The van der Waals surface area contributed by atoms with Gasteiger partial charge in [0.1, 0.15) is 30.5 Å². The van der Waals surface area contributed by atoms with Gasteiger partial charge in [0.15, 0.2) is 6.29 Å². The zero-order valence-corrected chi connectivity index (χ0v) is 7.87. The molecule has 80 valence electrons. The second kappa shape index (κ2) is 3.60. The second-order valence-electron chi connectivity index (χ2n) is 3.49. The van der Waals surface area contributed by atoms with Crippen LogP contribution in [0.1, 0.15) is 0 Å². The SMILES string of the molecule is C=C[C@@H](O)[C@@H]1OC2OC2[C@H](OC)[C@@H]1O. The molecule has 0 aliphatic carbocycles. The Morgan fingerprint density at radius 1 is 1.50 bits per heavy atom. The molecule has 5 heteroatoms. The molecule has 0 amide bonds. The average Bonchev–Trinajstić information content (AvgIpc) is 2.94. The number of hydrogen-bond donors (Lipinski definition) is 2. The smallest absolute Gasteiger partial charge is 0.187 e. The van der Waals surface area contributed by atoms with Gasteiger partial charge in [-0.05, 0) is 0 Å². The number of rotatable bonds is 3. The van der Waals surface area contributed by atoms with Crippen molar-refractivity contribution in [2.24, 2.45) is 0 Å². The van der Waals surface area contributed by atoms with Crippen LogP contribution in [0.15, 0.2) is 12.7 Å². The molecule has 0 spiro atoms. The zero-order valence-electron chi connectivity index (χ0n) is 7.87. The first-order valence-corrected chi connectivity index (χ1v) is 4.51. The average molecular weight is 202 g/mol. The van der Waals surface area contributed by atoms with Gasteiger partial charge in [0.05, 0.1) is 0 Å². The maximum atomic E-state index is 9.79. The number of ether oxygens (including phenoxy) is 3. The summed E-state index contributed by atoms with van der Waals surface area (Å²) >= 11 is 0. The minimum Gasteiger partial charge on any atom is -0.387 e. The summed E-state index contributed by atoms with van der Waals surface area (Å²) in [5, 5.41) is 19.3. The van der Waals surface area contributed by atoms with E-state index in [0.29, 0.717) is 0 Å². The molecule has 0 aromatic rings. The molecule has 2 fully saturated rings. The first-order chi connectivity index (χ1) is 6.69. The molecule has 0 aromatic heterocycles. The third-order valence-electron chi connectivity index (χ3n) is 2.62. The molecule has 5 nitrogen and oxygen atoms in total. The highest BCUT2D eigenvalue weighted by Crippen LogP contribution is 2.38. The van der Waals surface area contributed by atoms with Gasteiger partial charge in [-0.15, -0.1) is 6.58 Å². The molecular weight excluding hydrogens is 188 g/mol. The Balaban J connectivity index is 2.07. The molecule has 2 rings (SSSR count). The van der Waals surface area contributed by atoms with Crippen molar-refractivity contribution in [3.8, 4) is 0 Å². The molecule has 14 heavy (non-hydrogen) atoms. The van der Waals surface area contributed by atoms with Crippen LogP contribution in [0.3, 0.4) is 0 Å². The number of aliphatic hydroxyl groups excluding tert-OH is 2. The normalized spacial score (nSPS) is 48.1. The lowest BCUT2D eigenvalue weighted by atomic mass is 9.98. The highest BCUT2D eigenvalue weighted by molar-refractivity contribution is 5.03. The molecule has 2 N–H and O–H groups in total. The maximum absolute atomic E-state index is 9.79. The van der Waals surface area contributed by atoms with Crippen molar-refractivity contribution in [2.75, 3.05) is 7.11 Å². The minimum atomic E-state index is -0.909. The third-order valence-corrected chi connectivity index (χ3v) is 2.62. The molecule has 0 bridgehead atoms. The summed E-state index contributed by atoms with van der Waals surface area (Å²) < 4.78 is 15.5. The third kappa shape index (κ3) is 1.47. The quantitative estimate of drug-likeness (QED) is 0.455. The van der Waals surface area contributed by atoms with Crippen molar-refractivity contribution in [3.05, 3.63) is 12.7 Å². The van der Waals surface area contributed by atoms with Crippen LogP contribution in [0.2, 0.25) is 0 Å². The van der Waals surface area contributed by atoms with Crippen molar-refractivity contribution in [2.45, 2.75) is 36.8 Å². The van der Waals surface area contributed by atoms with Crippen LogP contribution < -0.4 is 0 Å². The molecule has 6 atom stereocenters. The van der Waals surface area contributed by atoms with Gasteiger partial charge < -0.3 is 24.4 Å². The summed E-state index contributed by atoms with van der Waals surface area (Å²) in [6.45, 7) is 3.44. The Morgan fingerprint density at radius 2 is 2.21 bits per heavy atom. The number of aliphatic hydroxyl groups is 2. The van der Waals surface area contributed by atoms with Gasteiger partial charge in [0.25, 0.3) is 0 Å². The Morgan fingerprint density at radius 3 is 2.79 bits per heavy atom. The van der Waals surface area contributed by atoms with E-state index >= 15 is 0 Å². The Hall–Kier alpha value is -0.460. The van der Waals surface area contributed by atoms with E-state index in [1.165, 1.54) is 13.2 Å². The highest BCUT2D eigenvalue weighted by atomic mass is 16.8. The highest BCUT2D eigenvalue weighted by Gasteiger charge is 2.57. The van der Waals surface area contributed by atoms with Gasteiger partial charge in [-0.1, -0.05) is 6.08 Å². The predicted octanol–water partition coefficient (Wildman–Crippen LogP) is -0.967. The fraction of sp³-hybridized carbons (Fsp3) is 0.778. The van der Waals surface area contributed by atoms with Crippen LogP contribution in [-0.4, -0.2) is 54.1 Å². The van der Waals surface area contributed by atoms with E-state index in [1.807, 2.05) is 0 Å². The van der Waals surface area contributed by atoms with Crippen LogP contribution in [0.5, 0.6) is 0 Å². The molecule has 2 aliphatic heterocycles. The fourth-order valence-corrected chi connectivity index (χ4v) is 1.76. The number of fused-ring (bicyclic) bond motifs is 1. The van der Waals surface area contributed by atoms with Crippen LogP contribution in [0.25, 0.3) is 0 Å². The Kier molecular flexibility index (Phi) is 2.59. The van der Waals surface area contributed by atoms with E-state index in [2.05, 4.69) is 6.58 Å². The van der Waals surface area contributed by atoms with E-state index in [4.69, 9.17) is 14.2 Å². The standard InChI is InChI=1S/C9H14O5/c1-3-4(10)6-5(11)7(12-2)8-9(13-6)14-8/h3-11H,1H2,2H3/t4-,5-,6+,7-,8?,9?/m1/s1. The first kappa shape index (κ1) is 10.1. The van der Waals surface area contributed by atoms with Gasteiger partial charge >= 0.3 is 0 Å². The van der Waals surface area contributed by atoms with Crippen molar-refractivity contribution in [3.63, 3.8) is 0 Å².